The summed E-state index contributed by atoms with van der Waals surface area (Å²) >= 11 is 0. The predicted molar refractivity (Wildman–Crippen MR) is 75.8 cm³/mol. The van der Waals surface area contributed by atoms with Crippen molar-refractivity contribution in [3.05, 3.63) is 0 Å². The molecule has 2 amide bonds. The van der Waals surface area contributed by atoms with Gasteiger partial charge in [0.2, 0.25) is 11.8 Å². The van der Waals surface area contributed by atoms with Gasteiger partial charge in [-0.2, -0.15) is 0 Å². The summed E-state index contributed by atoms with van der Waals surface area (Å²) in [4.78, 5) is 25.4. The van der Waals surface area contributed by atoms with E-state index in [0.717, 1.165) is 38.5 Å². The van der Waals surface area contributed by atoms with E-state index in [4.69, 9.17) is 5.73 Å². The van der Waals surface area contributed by atoms with Gasteiger partial charge in [-0.1, -0.05) is 19.3 Å². The first-order valence-electron chi connectivity index (χ1n) is 7.80. The van der Waals surface area contributed by atoms with Gasteiger partial charge in [-0.3, -0.25) is 9.59 Å². The number of likely N-dealkylation sites (tertiary alicyclic amines) is 1. The zero-order valence-electron chi connectivity index (χ0n) is 12.1. The van der Waals surface area contributed by atoms with Gasteiger partial charge in [0, 0.05) is 19.0 Å². The summed E-state index contributed by atoms with van der Waals surface area (Å²) in [5.41, 5.74) is 4.44. The van der Waals surface area contributed by atoms with Gasteiger partial charge in [0.1, 0.15) is 0 Å². The SMILES string of the molecule is NC(=O)CC1CCCCN1C(=O)CC1(O)CCCCC1. The van der Waals surface area contributed by atoms with E-state index in [1.165, 1.54) is 0 Å². The molecule has 114 valence electrons. The first-order chi connectivity index (χ1) is 9.50. The molecule has 0 bridgehead atoms. The van der Waals surface area contributed by atoms with Gasteiger partial charge < -0.3 is 15.7 Å². The van der Waals surface area contributed by atoms with Crippen molar-refractivity contribution in [1.29, 1.82) is 0 Å². The Hall–Kier alpha value is -1.10. The van der Waals surface area contributed by atoms with Crippen LogP contribution < -0.4 is 5.73 Å². The molecule has 5 heteroatoms. The number of aliphatic hydroxyl groups is 1. The Morgan fingerprint density at radius 3 is 2.50 bits per heavy atom. The van der Waals surface area contributed by atoms with Crippen molar-refractivity contribution in [2.75, 3.05) is 6.54 Å². The monoisotopic (exact) mass is 282 g/mol. The second kappa shape index (κ2) is 6.57. The lowest BCUT2D eigenvalue weighted by molar-refractivity contribution is -0.142. The van der Waals surface area contributed by atoms with Gasteiger partial charge >= 0.3 is 0 Å². The fraction of sp³-hybridized carbons (Fsp3) is 0.867. The second-order valence-electron chi connectivity index (χ2n) is 6.37. The molecule has 1 aliphatic carbocycles. The van der Waals surface area contributed by atoms with Crippen molar-refractivity contribution < 1.29 is 14.7 Å². The maximum atomic E-state index is 12.5. The van der Waals surface area contributed by atoms with E-state index in [-0.39, 0.29) is 30.7 Å². The molecule has 20 heavy (non-hydrogen) atoms. The number of nitrogens with zero attached hydrogens (tertiary/aromatic N) is 1. The maximum Gasteiger partial charge on any atom is 0.225 e. The summed E-state index contributed by atoms with van der Waals surface area (Å²) in [6.45, 7) is 0.687. The summed E-state index contributed by atoms with van der Waals surface area (Å²) in [6.07, 6.45) is 7.85. The molecule has 1 atom stereocenters. The van der Waals surface area contributed by atoms with Crippen molar-refractivity contribution >= 4 is 11.8 Å². The summed E-state index contributed by atoms with van der Waals surface area (Å²) in [7, 11) is 0. The standard InChI is InChI=1S/C15H26N2O3/c16-13(18)10-12-6-2-5-9-17(12)14(19)11-15(20)7-3-1-4-8-15/h12,20H,1-11H2,(H2,16,18). The van der Waals surface area contributed by atoms with Crippen molar-refractivity contribution in [3.63, 3.8) is 0 Å². The normalized spacial score (nSPS) is 26.2. The molecular formula is C15H26N2O3. The van der Waals surface area contributed by atoms with E-state index in [1.807, 2.05) is 0 Å². The molecule has 1 saturated carbocycles. The Bertz CT molecular complexity index is 364. The Morgan fingerprint density at radius 2 is 1.85 bits per heavy atom. The third kappa shape index (κ3) is 3.95. The number of carbonyl (C=O) groups is 2. The van der Waals surface area contributed by atoms with Gasteiger partial charge in [-0.25, -0.2) is 0 Å². The highest BCUT2D eigenvalue weighted by atomic mass is 16.3. The summed E-state index contributed by atoms with van der Waals surface area (Å²) in [5, 5.41) is 10.5. The molecule has 1 heterocycles. The number of hydrogen-bond donors (Lipinski definition) is 2. The number of carbonyl (C=O) groups excluding carboxylic acids is 2. The molecular weight excluding hydrogens is 256 g/mol. The lowest BCUT2D eigenvalue weighted by Gasteiger charge is -2.38. The minimum atomic E-state index is -0.829. The predicted octanol–water partition coefficient (Wildman–Crippen LogP) is 1.33. The van der Waals surface area contributed by atoms with Crippen LogP contribution in [0.25, 0.3) is 0 Å². The molecule has 2 aliphatic rings. The van der Waals surface area contributed by atoms with E-state index >= 15 is 0 Å². The van der Waals surface area contributed by atoms with Gasteiger partial charge in [-0.15, -0.1) is 0 Å². The minimum Gasteiger partial charge on any atom is -0.389 e. The smallest absolute Gasteiger partial charge is 0.225 e. The average molecular weight is 282 g/mol. The molecule has 0 spiro atoms. The molecule has 0 aromatic rings. The third-order valence-electron chi connectivity index (χ3n) is 4.65. The molecule has 1 saturated heterocycles. The van der Waals surface area contributed by atoms with Crippen LogP contribution in [-0.4, -0.2) is 40.0 Å². The number of hydrogen-bond acceptors (Lipinski definition) is 3. The first kappa shape index (κ1) is 15.3. The average Bonchev–Trinajstić information content (AvgIpc) is 2.38. The minimum absolute atomic E-state index is 0.0136. The summed E-state index contributed by atoms with van der Waals surface area (Å²) < 4.78 is 0. The van der Waals surface area contributed by atoms with Gasteiger partial charge in [0.05, 0.1) is 12.0 Å². The molecule has 1 unspecified atom stereocenters. The Morgan fingerprint density at radius 1 is 1.15 bits per heavy atom. The molecule has 0 radical (unpaired) electrons. The lowest BCUT2D eigenvalue weighted by Crippen LogP contribution is -2.48. The van der Waals surface area contributed by atoms with Gasteiger partial charge in [-0.05, 0) is 32.1 Å². The van der Waals surface area contributed by atoms with E-state index < -0.39 is 5.60 Å². The van der Waals surface area contributed by atoms with Crippen LogP contribution in [0, 0.1) is 0 Å². The molecule has 2 rings (SSSR count). The first-order valence-corrected chi connectivity index (χ1v) is 7.80. The third-order valence-corrected chi connectivity index (χ3v) is 4.65. The number of rotatable bonds is 4. The van der Waals surface area contributed by atoms with Gasteiger partial charge in [0.25, 0.3) is 0 Å². The van der Waals surface area contributed by atoms with Crippen LogP contribution in [0.3, 0.4) is 0 Å². The van der Waals surface area contributed by atoms with E-state index in [0.29, 0.717) is 19.4 Å². The summed E-state index contributed by atoms with van der Waals surface area (Å²) in [6, 6.07) is -0.0686. The maximum absolute atomic E-state index is 12.5. The Kier molecular flexibility index (Phi) is 5.02. The highest BCUT2D eigenvalue weighted by Gasteiger charge is 2.36. The van der Waals surface area contributed by atoms with E-state index in [9.17, 15) is 14.7 Å². The van der Waals surface area contributed by atoms with Crippen LogP contribution in [0.5, 0.6) is 0 Å². The van der Waals surface area contributed by atoms with E-state index in [1.54, 1.807) is 4.90 Å². The quantitative estimate of drug-likeness (QED) is 0.816. The van der Waals surface area contributed by atoms with Crippen LogP contribution in [0.1, 0.15) is 64.2 Å². The highest BCUT2D eigenvalue weighted by Crippen LogP contribution is 2.32. The number of amides is 2. The van der Waals surface area contributed by atoms with Crippen molar-refractivity contribution in [1.82, 2.24) is 4.90 Å². The van der Waals surface area contributed by atoms with Crippen molar-refractivity contribution in [2.24, 2.45) is 5.73 Å². The largest absolute Gasteiger partial charge is 0.389 e. The molecule has 1 aliphatic heterocycles. The van der Waals surface area contributed by atoms with Crippen LogP contribution in [0.4, 0.5) is 0 Å². The van der Waals surface area contributed by atoms with Crippen LogP contribution in [-0.2, 0) is 9.59 Å². The Labute approximate surface area is 120 Å². The van der Waals surface area contributed by atoms with Crippen LogP contribution in [0.15, 0.2) is 0 Å². The number of primary amides is 1. The number of nitrogens with two attached hydrogens (primary N) is 1. The zero-order chi connectivity index (χ0) is 14.6. The van der Waals surface area contributed by atoms with Crippen molar-refractivity contribution in [2.45, 2.75) is 75.9 Å². The molecule has 5 nitrogen and oxygen atoms in total. The highest BCUT2D eigenvalue weighted by molar-refractivity contribution is 5.79. The number of piperidine rings is 1. The van der Waals surface area contributed by atoms with Gasteiger partial charge in [0.15, 0.2) is 0 Å². The molecule has 3 N–H and O–H groups in total. The topological polar surface area (TPSA) is 83.6 Å². The summed E-state index contributed by atoms with van der Waals surface area (Å²) in [5.74, 6) is -0.369. The fourth-order valence-corrected chi connectivity index (χ4v) is 3.54. The van der Waals surface area contributed by atoms with Crippen LogP contribution >= 0.6 is 0 Å². The van der Waals surface area contributed by atoms with E-state index in [2.05, 4.69) is 0 Å². The lowest BCUT2D eigenvalue weighted by atomic mass is 9.82. The molecule has 2 fully saturated rings. The Balaban J connectivity index is 1.96. The second-order valence-corrected chi connectivity index (χ2v) is 6.37. The van der Waals surface area contributed by atoms with Crippen LogP contribution in [0.2, 0.25) is 0 Å². The molecule has 0 aromatic heterocycles. The molecule has 0 aromatic carbocycles. The fourth-order valence-electron chi connectivity index (χ4n) is 3.54. The zero-order valence-corrected chi connectivity index (χ0v) is 12.1. The van der Waals surface area contributed by atoms with Crippen molar-refractivity contribution in [3.8, 4) is 0 Å².